The number of aromatic nitrogens is 4. The summed E-state index contributed by atoms with van der Waals surface area (Å²) in [4.78, 5) is 35.9. The first kappa shape index (κ1) is 17.8. The van der Waals surface area contributed by atoms with Crippen LogP contribution in [-0.2, 0) is 37.0 Å². The average molecular weight is 370 g/mol. The molecule has 0 unspecified atom stereocenters. The lowest BCUT2D eigenvalue weighted by Crippen LogP contribution is -2.39. The summed E-state index contributed by atoms with van der Waals surface area (Å²) in [5.41, 5.74) is 4.92. The van der Waals surface area contributed by atoms with E-state index in [-0.39, 0.29) is 11.5 Å². The van der Waals surface area contributed by atoms with Gasteiger partial charge in [0.25, 0.3) is 5.56 Å². The molecule has 144 valence electrons. The molecule has 8 nitrogen and oxygen atoms in total. The smallest absolute Gasteiger partial charge is 0.255 e. The van der Waals surface area contributed by atoms with Gasteiger partial charge in [0.2, 0.25) is 11.9 Å². The molecule has 4 rings (SSSR count). The van der Waals surface area contributed by atoms with E-state index in [0.29, 0.717) is 49.6 Å². The summed E-state index contributed by atoms with van der Waals surface area (Å²) in [6.45, 7) is 0.966. The summed E-state index contributed by atoms with van der Waals surface area (Å²) in [5.74, 6) is 0.623. The van der Waals surface area contributed by atoms with E-state index in [9.17, 15) is 9.59 Å². The van der Waals surface area contributed by atoms with E-state index in [1.54, 1.807) is 4.90 Å². The molecule has 2 N–H and O–H groups in total. The van der Waals surface area contributed by atoms with Crippen LogP contribution in [0.4, 0.5) is 5.95 Å². The van der Waals surface area contributed by atoms with Crippen LogP contribution in [0, 0.1) is 0 Å². The number of amides is 1. The minimum absolute atomic E-state index is 0.0982. The molecule has 1 aliphatic carbocycles. The fraction of sp³-hybridized carbons (Fsp3) is 0.579. The number of carbonyl (C=O) groups is 1. The van der Waals surface area contributed by atoms with E-state index < -0.39 is 0 Å². The van der Waals surface area contributed by atoms with E-state index >= 15 is 0 Å². The number of hydrogen-bond donors (Lipinski definition) is 2. The van der Waals surface area contributed by atoms with Crippen molar-refractivity contribution < 1.29 is 4.79 Å². The van der Waals surface area contributed by atoms with Gasteiger partial charge in [0.05, 0.1) is 17.9 Å². The highest BCUT2D eigenvalue weighted by atomic mass is 16.2. The van der Waals surface area contributed by atoms with Crippen LogP contribution in [0.15, 0.2) is 4.79 Å². The lowest BCUT2D eigenvalue weighted by atomic mass is 9.94. The molecule has 0 radical (unpaired) electrons. The first-order chi connectivity index (χ1) is 13.0. The molecule has 8 heteroatoms. The van der Waals surface area contributed by atoms with Gasteiger partial charge in [-0.1, -0.05) is 0 Å². The Kier molecular flexibility index (Phi) is 4.72. The average Bonchev–Trinajstić information content (AvgIpc) is 3.08. The largest absolute Gasteiger partial charge is 0.348 e. The van der Waals surface area contributed by atoms with Crippen LogP contribution in [0.2, 0.25) is 0 Å². The third kappa shape index (κ3) is 3.48. The van der Waals surface area contributed by atoms with E-state index in [4.69, 9.17) is 0 Å². The second kappa shape index (κ2) is 7.17. The van der Waals surface area contributed by atoms with Gasteiger partial charge in [-0.2, -0.15) is 5.10 Å². The molecule has 1 amide bonds. The van der Waals surface area contributed by atoms with Crippen LogP contribution >= 0.6 is 0 Å². The molecule has 0 saturated carbocycles. The Morgan fingerprint density at radius 1 is 1.19 bits per heavy atom. The Bertz CT molecular complexity index is 913. The van der Waals surface area contributed by atoms with Crippen molar-refractivity contribution in [1.82, 2.24) is 25.1 Å². The first-order valence-electron chi connectivity index (χ1n) is 9.65. The number of anilines is 1. The second-order valence-corrected chi connectivity index (χ2v) is 7.61. The highest BCUT2D eigenvalue weighted by molar-refractivity contribution is 5.76. The van der Waals surface area contributed by atoms with Gasteiger partial charge in [-0.05, 0) is 37.7 Å². The quantitative estimate of drug-likeness (QED) is 0.835. The normalized spacial score (nSPS) is 16.0. The number of rotatable bonds is 4. The molecule has 0 aromatic carbocycles. The van der Waals surface area contributed by atoms with Crippen molar-refractivity contribution in [1.29, 1.82) is 0 Å². The fourth-order valence-electron chi connectivity index (χ4n) is 3.99. The maximum absolute atomic E-state index is 12.7. The van der Waals surface area contributed by atoms with E-state index in [1.165, 1.54) is 24.1 Å². The molecule has 27 heavy (non-hydrogen) atoms. The van der Waals surface area contributed by atoms with Gasteiger partial charge >= 0.3 is 0 Å². The minimum atomic E-state index is -0.0982. The predicted octanol–water partition coefficient (Wildman–Crippen LogP) is 0.955. The number of aromatic amines is 2. The standard InChI is InChI=1S/C19H26N6O2/c1-24(2)19-20-16-11-25(10-9-13(16)18(27)21-19)17(26)8-7-15-12-5-3-4-6-14(12)22-23-15/h3-11H2,1-2H3,(H,22,23)(H,20,21,27). The highest BCUT2D eigenvalue weighted by Gasteiger charge is 2.25. The monoisotopic (exact) mass is 370 g/mol. The van der Waals surface area contributed by atoms with Crippen LogP contribution in [0.3, 0.4) is 0 Å². The number of H-pyrrole nitrogens is 2. The van der Waals surface area contributed by atoms with Crippen molar-refractivity contribution in [3.05, 3.63) is 38.6 Å². The number of hydrogen-bond acceptors (Lipinski definition) is 5. The number of nitrogens with zero attached hydrogens (tertiary/aromatic N) is 4. The summed E-state index contributed by atoms with van der Waals surface area (Å²) < 4.78 is 0. The van der Waals surface area contributed by atoms with Crippen molar-refractivity contribution >= 4 is 11.9 Å². The van der Waals surface area contributed by atoms with Crippen molar-refractivity contribution in [3.8, 4) is 0 Å². The van der Waals surface area contributed by atoms with Crippen LogP contribution in [0.5, 0.6) is 0 Å². The molecule has 3 heterocycles. The highest BCUT2D eigenvalue weighted by Crippen LogP contribution is 2.23. The van der Waals surface area contributed by atoms with Crippen LogP contribution in [-0.4, -0.2) is 51.6 Å². The molecule has 0 saturated heterocycles. The Morgan fingerprint density at radius 3 is 2.81 bits per heavy atom. The van der Waals surface area contributed by atoms with Crippen LogP contribution in [0.1, 0.15) is 47.5 Å². The number of nitrogens with one attached hydrogen (secondary N) is 2. The third-order valence-corrected chi connectivity index (χ3v) is 5.55. The Labute approximate surface area is 158 Å². The molecule has 2 aliphatic rings. The van der Waals surface area contributed by atoms with Gasteiger partial charge in [0, 0.05) is 44.7 Å². The Balaban J connectivity index is 1.43. The molecule has 0 atom stereocenters. The molecular formula is C19H26N6O2. The SMILES string of the molecule is CN(C)c1nc2c(c(=O)[nH]1)CCN(C(=O)CCc1n[nH]c3c1CCCC3)C2. The summed E-state index contributed by atoms with van der Waals surface area (Å²) in [6, 6.07) is 0. The summed E-state index contributed by atoms with van der Waals surface area (Å²) in [7, 11) is 3.67. The summed E-state index contributed by atoms with van der Waals surface area (Å²) in [5, 5.41) is 7.57. The molecule has 1 aliphatic heterocycles. The zero-order chi connectivity index (χ0) is 19.0. The van der Waals surface area contributed by atoms with Gasteiger partial charge in [0.15, 0.2) is 0 Å². The van der Waals surface area contributed by atoms with Gasteiger partial charge in [-0.3, -0.25) is 19.7 Å². The number of fused-ring (bicyclic) bond motifs is 2. The molecule has 0 fully saturated rings. The summed E-state index contributed by atoms with van der Waals surface area (Å²) >= 11 is 0. The fourth-order valence-corrected chi connectivity index (χ4v) is 3.99. The van der Waals surface area contributed by atoms with Gasteiger partial charge in [-0.25, -0.2) is 4.98 Å². The second-order valence-electron chi connectivity index (χ2n) is 7.61. The van der Waals surface area contributed by atoms with Crippen molar-refractivity contribution in [2.45, 2.75) is 51.5 Å². The maximum atomic E-state index is 12.7. The lowest BCUT2D eigenvalue weighted by molar-refractivity contribution is -0.132. The van der Waals surface area contributed by atoms with Crippen LogP contribution in [0.25, 0.3) is 0 Å². The van der Waals surface area contributed by atoms with Gasteiger partial charge in [-0.15, -0.1) is 0 Å². The molecule has 0 bridgehead atoms. The number of carbonyl (C=O) groups excluding carboxylic acids is 1. The maximum Gasteiger partial charge on any atom is 0.255 e. The van der Waals surface area contributed by atoms with Crippen molar-refractivity contribution in [2.24, 2.45) is 0 Å². The lowest BCUT2D eigenvalue weighted by Gasteiger charge is -2.28. The van der Waals surface area contributed by atoms with E-state index in [0.717, 1.165) is 18.5 Å². The van der Waals surface area contributed by atoms with Gasteiger partial charge < -0.3 is 9.80 Å². The number of aryl methyl sites for hydroxylation is 2. The third-order valence-electron chi connectivity index (χ3n) is 5.55. The Morgan fingerprint density at radius 2 is 2.00 bits per heavy atom. The topological polar surface area (TPSA) is 98.0 Å². The van der Waals surface area contributed by atoms with E-state index in [2.05, 4.69) is 20.2 Å². The zero-order valence-corrected chi connectivity index (χ0v) is 16.0. The molecular weight excluding hydrogens is 344 g/mol. The van der Waals surface area contributed by atoms with Crippen molar-refractivity contribution in [2.75, 3.05) is 25.5 Å². The first-order valence-corrected chi connectivity index (χ1v) is 9.65. The molecule has 0 spiro atoms. The Hall–Kier alpha value is -2.64. The molecule has 2 aromatic heterocycles. The predicted molar refractivity (Wildman–Crippen MR) is 102 cm³/mol. The van der Waals surface area contributed by atoms with Crippen LogP contribution < -0.4 is 10.5 Å². The van der Waals surface area contributed by atoms with E-state index in [1.807, 2.05) is 19.0 Å². The van der Waals surface area contributed by atoms with Crippen molar-refractivity contribution in [3.63, 3.8) is 0 Å². The minimum Gasteiger partial charge on any atom is -0.348 e. The van der Waals surface area contributed by atoms with Gasteiger partial charge in [0.1, 0.15) is 0 Å². The zero-order valence-electron chi connectivity index (χ0n) is 16.0. The summed E-state index contributed by atoms with van der Waals surface area (Å²) in [6.07, 6.45) is 6.19. The molecule has 2 aromatic rings.